The number of likely N-dealkylation sites (tertiary alicyclic amines) is 1. The molecule has 0 saturated carbocycles. The van der Waals surface area contributed by atoms with Gasteiger partial charge in [0, 0.05) is 39.0 Å². The Bertz CT molecular complexity index is 939. The second-order valence-electron chi connectivity index (χ2n) is 6.81. The van der Waals surface area contributed by atoms with Crippen molar-refractivity contribution in [3.63, 3.8) is 0 Å². The van der Waals surface area contributed by atoms with Crippen molar-refractivity contribution in [3.8, 4) is 0 Å². The number of hydrogen-bond acceptors (Lipinski definition) is 5. The third kappa shape index (κ3) is 3.83. The third-order valence-corrected chi connectivity index (χ3v) is 5.77. The van der Waals surface area contributed by atoms with Gasteiger partial charge in [-0.15, -0.1) is 11.3 Å². The van der Waals surface area contributed by atoms with Crippen LogP contribution in [0.1, 0.15) is 17.0 Å². The van der Waals surface area contributed by atoms with Crippen molar-refractivity contribution in [2.45, 2.75) is 19.5 Å². The maximum Gasteiger partial charge on any atom is 0.228 e. The van der Waals surface area contributed by atoms with Gasteiger partial charge in [0.05, 0.1) is 22.7 Å². The van der Waals surface area contributed by atoms with Crippen LogP contribution in [-0.4, -0.2) is 45.2 Å². The lowest BCUT2D eigenvalue weighted by molar-refractivity contribution is -0.135. The molecule has 2 amide bonds. The summed E-state index contributed by atoms with van der Waals surface area (Å²) in [5.74, 6) is -0.282. The predicted octanol–water partition coefficient (Wildman–Crippen LogP) is 2.70. The van der Waals surface area contributed by atoms with E-state index in [0.717, 1.165) is 20.8 Å². The fourth-order valence-electron chi connectivity index (χ4n) is 3.38. The highest BCUT2D eigenvalue weighted by Gasteiger charge is 2.35. The summed E-state index contributed by atoms with van der Waals surface area (Å²) in [5.41, 5.74) is 1.93. The van der Waals surface area contributed by atoms with E-state index in [4.69, 9.17) is 0 Å². The SMILES string of the molecule is CN(Cc1nc2ccccc2s1)C(=O)[C@@H]1CC(=O)N(Cc2cccnc2)C1. The van der Waals surface area contributed by atoms with Crippen LogP contribution in [0.3, 0.4) is 0 Å². The lowest BCUT2D eigenvalue weighted by Crippen LogP contribution is -2.34. The summed E-state index contributed by atoms with van der Waals surface area (Å²) in [6.45, 7) is 1.42. The highest BCUT2D eigenvalue weighted by Crippen LogP contribution is 2.25. The Morgan fingerprint density at radius 1 is 1.30 bits per heavy atom. The van der Waals surface area contributed by atoms with Gasteiger partial charge in [0.15, 0.2) is 0 Å². The number of rotatable bonds is 5. The minimum Gasteiger partial charge on any atom is -0.339 e. The maximum atomic E-state index is 12.8. The molecule has 138 valence electrons. The number of hydrogen-bond donors (Lipinski definition) is 0. The van der Waals surface area contributed by atoms with E-state index in [0.29, 0.717) is 19.6 Å². The zero-order valence-corrected chi connectivity index (χ0v) is 15.9. The third-order valence-electron chi connectivity index (χ3n) is 4.75. The summed E-state index contributed by atoms with van der Waals surface area (Å²) in [7, 11) is 1.78. The summed E-state index contributed by atoms with van der Waals surface area (Å²) >= 11 is 1.60. The lowest BCUT2D eigenvalue weighted by atomic mass is 10.1. The molecule has 1 saturated heterocycles. The molecular weight excluding hydrogens is 360 g/mol. The number of thiazole rings is 1. The number of amides is 2. The van der Waals surface area contributed by atoms with Crippen molar-refractivity contribution >= 4 is 33.4 Å². The molecule has 0 radical (unpaired) electrons. The molecule has 3 heterocycles. The summed E-state index contributed by atoms with van der Waals surface area (Å²) in [4.78, 5) is 37.2. The van der Waals surface area contributed by atoms with Gasteiger partial charge in [-0.25, -0.2) is 4.98 Å². The van der Waals surface area contributed by atoms with Gasteiger partial charge in [-0.05, 0) is 23.8 Å². The van der Waals surface area contributed by atoms with Crippen molar-refractivity contribution in [2.24, 2.45) is 5.92 Å². The van der Waals surface area contributed by atoms with Crippen LogP contribution in [0.5, 0.6) is 0 Å². The topological polar surface area (TPSA) is 66.4 Å². The molecule has 2 aromatic heterocycles. The Hall–Kier alpha value is -2.80. The van der Waals surface area contributed by atoms with E-state index in [1.807, 2.05) is 36.4 Å². The molecular formula is C20H20N4O2S. The molecule has 3 aromatic rings. The van der Waals surface area contributed by atoms with Gasteiger partial charge in [-0.3, -0.25) is 14.6 Å². The molecule has 0 aliphatic carbocycles. The van der Waals surface area contributed by atoms with Crippen LogP contribution in [-0.2, 0) is 22.7 Å². The fourth-order valence-corrected chi connectivity index (χ4v) is 4.40. The number of benzene rings is 1. The molecule has 4 rings (SSSR count). The average molecular weight is 380 g/mol. The Kier molecular flexibility index (Phi) is 4.85. The lowest BCUT2D eigenvalue weighted by Gasteiger charge is -2.20. The van der Waals surface area contributed by atoms with Gasteiger partial charge in [0.25, 0.3) is 0 Å². The summed E-state index contributed by atoms with van der Waals surface area (Å²) in [6, 6.07) is 11.7. The highest BCUT2D eigenvalue weighted by atomic mass is 32.1. The van der Waals surface area contributed by atoms with E-state index >= 15 is 0 Å². The number of para-hydroxylation sites is 1. The van der Waals surface area contributed by atoms with Crippen molar-refractivity contribution in [1.82, 2.24) is 19.8 Å². The Labute approximate surface area is 161 Å². The largest absolute Gasteiger partial charge is 0.339 e. The summed E-state index contributed by atoms with van der Waals surface area (Å²) < 4.78 is 1.12. The molecule has 7 heteroatoms. The predicted molar refractivity (Wildman–Crippen MR) is 104 cm³/mol. The first-order valence-corrected chi connectivity index (χ1v) is 9.68. The van der Waals surface area contributed by atoms with E-state index in [2.05, 4.69) is 9.97 Å². The quantitative estimate of drug-likeness (QED) is 0.683. The van der Waals surface area contributed by atoms with Gasteiger partial charge < -0.3 is 9.80 Å². The van der Waals surface area contributed by atoms with Crippen LogP contribution in [0.4, 0.5) is 0 Å². The average Bonchev–Trinajstić information content (AvgIpc) is 3.25. The van der Waals surface area contributed by atoms with Crippen molar-refractivity contribution < 1.29 is 9.59 Å². The van der Waals surface area contributed by atoms with Crippen LogP contribution in [0.15, 0.2) is 48.8 Å². The first kappa shape index (κ1) is 17.6. The van der Waals surface area contributed by atoms with Gasteiger partial charge in [-0.1, -0.05) is 18.2 Å². The van der Waals surface area contributed by atoms with Crippen LogP contribution >= 0.6 is 11.3 Å². The van der Waals surface area contributed by atoms with E-state index in [-0.39, 0.29) is 24.2 Å². The van der Waals surface area contributed by atoms with E-state index in [1.165, 1.54) is 0 Å². The number of pyridine rings is 1. The first-order chi connectivity index (χ1) is 13.1. The Morgan fingerprint density at radius 2 is 2.15 bits per heavy atom. The van der Waals surface area contributed by atoms with Crippen LogP contribution in [0, 0.1) is 5.92 Å². The highest BCUT2D eigenvalue weighted by molar-refractivity contribution is 7.18. The molecule has 1 fully saturated rings. The number of nitrogens with zero attached hydrogens (tertiary/aromatic N) is 4. The smallest absolute Gasteiger partial charge is 0.228 e. The Morgan fingerprint density at radius 3 is 2.93 bits per heavy atom. The standard InChI is InChI=1S/C20H20N4O2S/c1-23(13-18-22-16-6-2-3-7-17(16)27-18)20(26)15-9-19(25)24(12-15)11-14-5-4-8-21-10-14/h2-8,10,15H,9,11-13H2,1H3/t15-/m1/s1. The minimum atomic E-state index is -0.298. The Balaban J connectivity index is 1.39. The second-order valence-corrected chi connectivity index (χ2v) is 7.92. The molecule has 6 nitrogen and oxygen atoms in total. The van der Waals surface area contributed by atoms with Crippen LogP contribution in [0.2, 0.25) is 0 Å². The van der Waals surface area contributed by atoms with Gasteiger partial charge in [-0.2, -0.15) is 0 Å². The molecule has 0 N–H and O–H groups in total. The summed E-state index contributed by atoms with van der Waals surface area (Å²) in [5, 5.41) is 0.906. The maximum absolute atomic E-state index is 12.8. The number of carbonyl (C=O) groups is 2. The van der Waals surface area contributed by atoms with E-state index in [1.54, 1.807) is 40.6 Å². The monoisotopic (exact) mass is 380 g/mol. The molecule has 0 spiro atoms. The van der Waals surface area contributed by atoms with Crippen molar-refractivity contribution in [1.29, 1.82) is 0 Å². The fraction of sp³-hybridized carbons (Fsp3) is 0.300. The van der Waals surface area contributed by atoms with Gasteiger partial charge in [0.2, 0.25) is 11.8 Å². The number of carbonyl (C=O) groups excluding carboxylic acids is 2. The van der Waals surface area contributed by atoms with Gasteiger partial charge >= 0.3 is 0 Å². The zero-order chi connectivity index (χ0) is 18.8. The van der Waals surface area contributed by atoms with Gasteiger partial charge in [0.1, 0.15) is 5.01 Å². The van der Waals surface area contributed by atoms with E-state index < -0.39 is 0 Å². The molecule has 27 heavy (non-hydrogen) atoms. The number of fused-ring (bicyclic) bond motifs is 1. The molecule has 1 atom stereocenters. The van der Waals surface area contributed by atoms with Crippen LogP contribution < -0.4 is 0 Å². The minimum absolute atomic E-state index is 0.00343. The van der Waals surface area contributed by atoms with Crippen LogP contribution in [0.25, 0.3) is 10.2 Å². The normalized spacial score (nSPS) is 16.9. The summed E-state index contributed by atoms with van der Waals surface area (Å²) in [6.07, 6.45) is 3.73. The zero-order valence-electron chi connectivity index (χ0n) is 15.0. The molecule has 1 aliphatic heterocycles. The molecule has 1 aromatic carbocycles. The number of aromatic nitrogens is 2. The second kappa shape index (κ2) is 7.44. The van der Waals surface area contributed by atoms with Crippen molar-refractivity contribution in [2.75, 3.05) is 13.6 Å². The van der Waals surface area contributed by atoms with Crippen molar-refractivity contribution in [3.05, 3.63) is 59.4 Å². The van der Waals surface area contributed by atoms with E-state index in [9.17, 15) is 9.59 Å². The molecule has 0 bridgehead atoms. The molecule has 0 unspecified atom stereocenters. The first-order valence-electron chi connectivity index (χ1n) is 8.86. The molecule has 1 aliphatic rings.